The zero-order chi connectivity index (χ0) is 15.7. The molecule has 1 atom stereocenters. The largest absolute Gasteiger partial charge is 0.356 e. The SMILES string of the molecule is CCCNC(=O)CCNC(C)c1cccc(NC(C)=O)c1. The number of rotatable bonds is 8. The zero-order valence-corrected chi connectivity index (χ0v) is 13.0. The molecule has 1 aromatic rings. The molecule has 0 aliphatic carbocycles. The summed E-state index contributed by atoms with van der Waals surface area (Å²) in [5.74, 6) is -0.0103. The molecule has 0 spiro atoms. The van der Waals surface area contributed by atoms with Crippen molar-refractivity contribution in [1.29, 1.82) is 0 Å². The van der Waals surface area contributed by atoms with Crippen LogP contribution < -0.4 is 16.0 Å². The first kappa shape index (κ1) is 17.2. The number of hydrogen-bond acceptors (Lipinski definition) is 3. The van der Waals surface area contributed by atoms with E-state index in [0.29, 0.717) is 13.0 Å². The standard InChI is InChI=1S/C16H25N3O2/c1-4-9-18-16(21)8-10-17-12(2)14-6-5-7-15(11-14)19-13(3)20/h5-7,11-12,17H,4,8-10H2,1-3H3,(H,18,21)(H,19,20). The molecule has 0 saturated heterocycles. The van der Waals surface area contributed by atoms with Gasteiger partial charge in [0.15, 0.2) is 0 Å². The molecule has 5 nitrogen and oxygen atoms in total. The van der Waals surface area contributed by atoms with Gasteiger partial charge in [0.1, 0.15) is 0 Å². The van der Waals surface area contributed by atoms with Crippen LogP contribution in [0.15, 0.2) is 24.3 Å². The third kappa shape index (κ3) is 6.90. The summed E-state index contributed by atoms with van der Waals surface area (Å²) in [5.41, 5.74) is 1.87. The second-order valence-corrected chi connectivity index (χ2v) is 5.08. The quantitative estimate of drug-likeness (QED) is 0.688. The molecule has 0 aliphatic heterocycles. The summed E-state index contributed by atoms with van der Waals surface area (Å²) in [6.45, 7) is 6.91. The lowest BCUT2D eigenvalue weighted by Crippen LogP contribution is -2.29. The number of amides is 2. The van der Waals surface area contributed by atoms with Crippen LogP contribution in [-0.4, -0.2) is 24.9 Å². The van der Waals surface area contributed by atoms with Crippen LogP contribution in [0.5, 0.6) is 0 Å². The van der Waals surface area contributed by atoms with E-state index in [4.69, 9.17) is 0 Å². The maximum atomic E-state index is 11.5. The number of anilines is 1. The summed E-state index contributed by atoms with van der Waals surface area (Å²) >= 11 is 0. The number of benzene rings is 1. The van der Waals surface area contributed by atoms with Crippen LogP contribution in [0.3, 0.4) is 0 Å². The van der Waals surface area contributed by atoms with Crippen molar-refractivity contribution in [3.05, 3.63) is 29.8 Å². The van der Waals surface area contributed by atoms with Crippen molar-refractivity contribution in [3.8, 4) is 0 Å². The van der Waals surface area contributed by atoms with E-state index in [9.17, 15) is 9.59 Å². The topological polar surface area (TPSA) is 70.2 Å². The van der Waals surface area contributed by atoms with Crippen molar-refractivity contribution in [2.24, 2.45) is 0 Å². The van der Waals surface area contributed by atoms with Gasteiger partial charge in [0.25, 0.3) is 0 Å². The Labute approximate surface area is 126 Å². The average molecular weight is 291 g/mol. The summed E-state index contributed by atoms with van der Waals surface area (Å²) in [7, 11) is 0. The molecule has 0 aromatic heterocycles. The van der Waals surface area contributed by atoms with Gasteiger partial charge < -0.3 is 16.0 Å². The summed E-state index contributed by atoms with van der Waals surface area (Å²) in [4.78, 5) is 22.6. The van der Waals surface area contributed by atoms with Gasteiger partial charge in [0.2, 0.25) is 11.8 Å². The number of hydrogen-bond donors (Lipinski definition) is 3. The van der Waals surface area contributed by atoms with Gasteiger partial charge in [-0.3, -0.25) is 9.59 Å². The first-order valence-electron chi connectivity index (χ1n) is 7.40. The van der Waals surface area contributed by atoms with Crippen LogP contribution in [-0.2, 0) is 9.59 Å². The van der Waals surface area contributed by atoms with Crippen LogP contribution in [0.1, 0.15) is 45.2 Å². The Bertz CT molecular complexity index is 474. The van der Waals surface area contributed by atoms with E-state index in [1.807, 2.05) is 38.1 Å². The summed E-state index contributed by atoms with van der Waals surface area (Å²) < 4.78 is 0. The minimum Gasteiger partial charge on any atom is -0.356 e. The van der Waals surface area contributed by atoms with Crippen LogP contribution in [0.25, 0.3) is 0 Å². The van der Waals surface area contributed by atoms with Crippen molar-refractivity contribution in [2.45, 2.75) is 39.7 Å². The van der Waals surface area contributed by atoms with Crippen molar-refractivity contribution in [1.82, 2.24) is 10.6 Å². The molecule has 5 heteroatoms. The van der Waals surface area contributed by atoms with Crippen LogP contribution in [0, 0.1) is 0 Å². The minimum atomic E-state index is -0.0830. The first-order chi connectivity index (χ1) is 10.0. The highest BCUT2D eigenvalue weighted by molar-refractivity contribution is 5.88. The van der Waals surface area contributed by atoms with Gasteiger partial charge in [-0.25, -0.2) is 0 Å². The minimum absolute atomic E-state index is 0.0727. The van der Waals surface area contributed by atoms with Crippen LogP contribution in [0.4, 0.5) is 5.69 Å². The molecular formula is C16H25N3O2. The van der Waals surface area contributed by atoms with E-state index >= 15 is 0 Å². The number of nitrogens with one attached hydrogen (secondary N) is 3. The van der Waals surface area contributed by atoms with Crippen molar-refractivity contribution in [3.63, 3.8) is 0 Å². The molecule has 0 aliphatic rings. The molecule has 1 rings (SSSR count). The monoisotopic (exact) mass is 291 g/mol. The van der Waals surface area contributed by atoms with Gasteiger partial charge in [-0.2, -0.15) is 0 Å². The maximum absolute atomic E-state index is 11.5. The normalized spacial score (nSPS) is 11.8. The smallest absolute Gasteiger partial charge is 0.221 e. The highest BCUT2D eigenvalue weighted by Crippen LogP contribution is 2.17. The maximum Gasteiger partial charge on any atom is 0.221 e. The van der Waals surface area contributed by atoms with Gasteiger partial charge in [-0.15, -0.1) is 0 Å². The summed E-state index contributed by atoms with van der Waals surface area (Å²) in [5, 5.41) is 8.93. The predicted octanol–water partition coefficient (Wildman–Crippen LogP) is 2.21. The fourth-order valence-electron chi connectivity index (χ4n) is 1.96. The van der Waals surface area contributed by atoms with E-state index < -0.39 is 0 Å². The predicted molar refractivity (Wildman–Crippen MR) is 85.1 cm³/mol. The molecule has 21 heavy (non-hydrogen) atoms. The third-order valence-corrected chi connectivity index (χ3v) is 3.08. The van der Waals surface area contributed by atoms with Gasteiger partial charge >= 0.3 is 0 Å². The second kappa shape index (κ2) is 9.13. The van der Waals surface area contributed by atoms with Crippen molar-refractivity contribution >= 4 is 17.5 Å². The van der Waals surface area contributed by atoms with Crippen molar-refractivity contribution < 1.29 is 9.59 Å². The summed E-state index contributed by atoms with van der Waals surface area (Å²) in [6, 6.07) is 7.83. The molecule has 0 saturated carbocycles. The fraction of sp³-hybridized carbons (Fsp3) is 0.500. The average Bonchev–Trinajstić information content (AvgIpc) is 2.44. The lowest BCUT2D eigenvalue weighted by Gasteiger charge is -2.15. The summed E-state index contributed by atoms with van der Waals surface area (Å²) in [6.07, 6.45) is 1.42. The van der Waals surface area contributed by atoms with Gasteiger partial charge in [0.05, 0.1) is 0 Å². The van der Waals surface area contributed by atoms with Crippen LogP contribution in [0.2, 0.25) is 0 Å². The Morgan fingerprint density at radius 3 is 2.67 bits per heavy atom. The Kier molecular flexibility index (Phi) is 7.46. The molecule has 0 bridgehead atoms. The second-order valence-electron chi connectivity index (χ2n) is 5.08. The fourth-order valence-corrected chi connectivity index (χ4v) is 1.96. The van der Waals surface area contributed by atoms with Gasteiger partial charge in [0, 0.05) is 38.2 Å². The molecule has 0 heterocycles. The number of carbonyl (C=O) groups is 2. The van der Waals surface area contributed by atoms with E-state index in [0.717, 1.165) is 24.2 Å². The molecule has 2 amide bonds. The number of carbonyl (C=O) groups excluding carboxylic acids is 2. The Morgan fingerprint density at radius 2 is 2.00 bits per heavy atom. The van der Waals surface area contributed by atoms with E-state index in [1.54, 1.807) is 0 Å². The zero-order valence-electron chi connectivity index (χ0n) is 13.0. The van der Waals surface area contributed by atoms with Gasteiger partial charge in [-0.1, -0.05) is 19.1 Å². The highest BCUT2D eigenvalue weighted by Gasteiger charge is 2.07. The third-order valence-electron chi connectivity index (χ3n) is 3.08. The first-order valence-corrected chi connectivity index (χ1v) is 7.40. The van der Waals surface area contributed by atoms with E-state index in [-0.39, 0.29) is 17.9 Å². The molecule has 1 aromatic carbocycles. The van der Waals surface area contributed by atoms with Gasteiger partial charge in [-0.05, 0) is 31.0 Å². The molecule has 3 N–H and O–H groups in total. The Balaban J connectivity index is 2.42. The molecule has 116 valence electrons. The van der Waals surface area contributed by atoms with E-state index in [1.165, 1.54) is 6.92 Å². The molecule has 1 unspecified atom stereocenters. The Hall–Kier alpha value is -1.88. The molecular weight excluding hydrogens is 266 g/mol. The lowest BCUT2D eigenvalue weighted by atomic mass is 10.1. The van der Waals surface area contributed by atoms with E-state index in [2.05, 4.69) is 16.0 Å². The van der Waals surface area contributed by atoms with Crippen molar-refractivity contribution in [2.75, 3.05) is 18.4 Å². The van der Waals surface area contributed by atoms with Crippen LogP contribution >= 0.6 is 0 Å². The highest BCUT2D eigenvalue weighted by atomic mass is 16.2. The lowest BCUT2D eigenvalue weighted by molar-refractivity contribution is -0.121. The molecule has 0 fully saturated rings. The molecule has 0 radical (unpaired) electrons. The Morgan fingerprint density at radius 1 is 1.24 bits per heavy atom.